The van der Waals surface area contributed by atoms with Crippen molar-refractivity contribution in [2.45, 2.75) is 0 Å². The molecule has 5 heteroatoms. The zero-order valence-corrected chi connectivity index (χ0v) is 18.4. The molecule has 168 valence electrons. The fraction of sp³-hybridized carbons (Fsp3) is 0. The molecule has 0 atom stereocenters. The van der Waals surface area contributed by atoms with E-state index in [-0.39, 0.29) is 39.7 Å². The van der Waals surface area contributed by atoms with E-state index in [1.807, 2.05) is 0 Å². The van der Waals surface area contributed by atoms with Gasteiger partial charge < -0.3 is 0 Å². The van der Waals surface area contributed by atoms with Crippen LogP contribution in [0, 0.1) is 5.82 Å². The van der Waals surface area contributed by atoms with Crippen molar-refractivity contribution in [1.29, 1.82) is 0 Å². The van der Waals surface area contributed by atoms with Gasteiger partial charge in [0.15, 0.2) is 17.3 Å². The fourth-order valence-electron chi connectivity index (χ4n) is 4.01. The van der Waals surface area contributed by atoms with Gasteiger partial charge in [0.05, 0.1) is 5.69 Å². The van der Waals surface area contributed by atoms with Crippen LogP contribution in [0.4, 0.5) is 10.1 Å². The van der Waals surface area contributed by atoms with Crippen LogP contribution in [0.2, 0.25) is 0 Å². The van der Waals surface area contributed by atoms with E-state index in [0.29, 0.717) is 11.1 Å². The zero-order chi connectivity index (χ0) is 24.4. The third-order valence-corrected chi connectivity index (χ3v) is 5.79. The van der Waals surface area contributed by atoms with Crippen LogP contribution in [-0.4, -0.2) is 23.6 Å². The molecule has 0 saturated carbocycles. The lowest BCUT2D eigenvalue weighted by molar-refractivity contribution is 0.0972. The first-order valence-corrected chi connectivity index (χ1v) is 11.0. The molecule has 4 aromatic rings. The maximum atomic E-state index is 13.7. The number of ketones is 3. The van der Waals surface area contributed by atoms with E-state index < -0.39 is 5.82 Å². The van der Waals surface area contributed by atoms with Crippen LogP contribution in [0.1, 0.15) is 53.3 Å². The van der Waals surface area contributed by atoms with E-state index in [1.165, 1.54) is 12.1 Å². The minimum absolute atomic E-state index is 0.144. The lowest BCUT2D eigenvalue weighted by Crippen LogP contribution is -2.23. The second-order valence-corrected chi connectivity index (χ2v) is 8.01. The second kappa shape index (κ2) is 9.23. The van der Waals surface area contributed by atoms with E-state index in [2.05, 4.69) is 4.99 Å². The maximum absolute atomic E-state index is 13.7. The topological polar surface area (TPSA) is 63.6 Å². The lowest BCUT2D eigenvalue weighted by Gasteiger charge is -2.19. The highest BCUT2D eigenvalue weighted by molar-refractivity contribution is 6.31. The van der Waals surface area contributed by atoms with Crippen LogP contribution < -0.4 is 0 Å². The molecule has 1 aliphatic rings. The Labute approximate surface area is 201 Å². The van der Waals surface area contributed by atoms with Crippen molar-refractivity contribution in [2.75, 3.05) is 0 Å². The van der Waals surface area contributed by atoms with Gasteiger partial charge in [-0.3, -0.25) is 19.4 Å². The molecular formula is C30H18FNO3. The number of hydrogen-bond donors (Lipinski definition) is 0. The summed E-state index contributed by atoms with van der Waals surface area (Å²) in [6, 6.07) is 24.9. The van der Waals surface area contributed by atoms with Crippen LogP contribution >= 0.6 is 0 Å². The molecule has 0 heterocycles. The Hall–Kier alpha value is -4.77. The first-order valence-electron chi connectivity index (χ1n) is 11.0. The summed E-state index contributed by atoms with van der Waals surface area (Å²) in [5.41, 5.74) is 3.03. The average Bonchev–Trinajstić information content (AvgIpc) is 2.90. The van der Waals surface area contributed by atoms with E-state index in [4.69, 9.17) is 0 Å². The molecule has 0 saturated heterocycles. The summed E-state index contributed by atoms with van der Waals surface area (Å²) in [5.74, 6) is -1.35. The van der Waals surface area contributed by atoms with Crippen LogP contribution in [0.5, 0.6) is 0 Å². The van der Waals surface area contributed by atoms with Gasteiger partial charge >= 0.3 is 0 Å². The van der Waals surface area contributed by atoms with Gasteiger partial charge in [0, 0.05) is 34.0 Å². The number of allylic oxidation sites excluding steroid dienone is 1. The van der Waals surface area contributed by atoms with Gasteiger partial charge in [-0.15, -0.1) is 0 Å². The molecule has 0 spiro atoms. The van der Waals surface area contributed by atoms with E-state index >= 15 is 0 Å². The average molecular weight is 459 g/mol. The molecular weight excluding hydrogens is 441 g/mol. The normalized spacial score (nSPS) is 12.7. The molecule has 0 aliphatic heterocycles. The van der Waals surface area contributed by atoms with Crippen molar-refractivity contribution in [2.24, 2.45) is 4.99 Å². The Morgan fingerprint density at radius 3 is 2.06 bits per heavy atom. The SMILES string of the molecule is O=C(/C=C/c1ccc(C=Nc2ccccc2F)cc1)c1cccc2c1C(=O)c1ccccc1C2=O. The third kappa shape index (κ3) is 4.27. The Morgan fingerprint density at radius 1 is 0.686 bits per heavy atom. The highest BCUT2D eigenvalue weighted by Gasteiger charge is 2.32. The zero-order valence-electron chi connectivity index (χ0n) is 18.4. The number of fused-ring (bicyclic) bond motifs is 2. The number of carbonyl (C=O) groups excluding carboxylic acids is 3. The molecule has 5 rings (SSSR count). The molecule has 0 bridgehead atoms. The molecule has 1 aliphatic carbocycles. The first-order chi connectivity index (χ1) is 17.0. The van der Waals surface area contributed by atoms with Crippen molar-refractivity contribution in [3.63, 3.8) is 0 Å². The Kier molecular flexibility index (Phi) is 5.81. The summed E-state index contributed by atoms with van der Waals surface area (Å²) in [7, 11) is 0. The Balaban J connectivity index is 1.37. The van der Waals surface area contributed by atoms with Gasteiger partial charge in [-0.05, 0) is 29.3 Å². The largest absolute Gasteiger partial charge is 0.289 e. The van der Waals surface area contributed by atoms with Crippen molar-refractivity contribution < 1.29 is 18.8 Å². The standard InChI is InChI=1S/C30H18FNO3/c31-25-10-3-4-11-26(25)32-18-20-14-12-19(13-15-20)16-17-27(33)23-8-5-9-24-28(23)30(35)22-7-2-1-6-21(22)29(24)34/h1-18H/b17-16+,32-18?. The highest BCUT2D eigenvalue weighted by Crippen LogP contribution is 2.30. The smallest absolute Gasteiger partial charge is 0.195 e. The number of aliphatic imine (C=N–C) groups is 1. The monoisotopic (exact) mass is 459 g/mol. The number of benzene rings is 4. The fourth-order valence-corrected chi connectivity index (χ4v) is 4.01. The lowest BCUT2D eigenvalue weighted by atomic mass is 9.81. The molecule has 0 unspecified atom stereocenters. The van der Waals surface area contributed by atoms with Crippen molar-refractivity contribution in [3.8, 4) is 0 Å². The number of rotatable bonds is 5. The van der Waals surface area contributed by atoms with Gasteiger partial charge in [0.2, 0.25) is 0 Å². The Bertz CT molecular complexity index is 1550. The Morgan fingerprint density at radius 2 is 1.31 bits per heavy atom. The molecule has 4 aromatic carbocycles. The number of carbonyl (C=O) groups is 3. The summed E-state index contributed by atoms with van der Waals surface area (Å²) < 4.78 is 13.7. The number of nitrogens with zero attached hydrogens (tertiary/aromatic N) is 1. The first kappa shape index (κ1) is 22.0. The molecule has 0 N–H and O–H groups in total. The van der Waals surface area contributed by atoms with Gasteiger partial charge in [-0.25, -0.2) is 4.39 Å². The molecule has 0 aromatic heterocycles. The van der Waals surface area contributed by atoms with Crippen LogP contribution in [0.15, 0.2) is 102 Å². The number of halogens is 1. The molecule has 0 fully saturated rings. The van der Waals surface area contributed by atoms with E-state index in [9.17, 15) is 18.8 Å². The minimum atomic E-state index is -0.395. The summed E-state index contributed by atoms with van der Waals surface area (Å²) in [6.45, 7) is 0. The maximum Gasteiger partial charge on any atom is 0.195 e. The minimum Gasteiger partial charge on any atom is -0.289 e. The second-order valence-electron chi connectivity index (χ2n) is 8.01. The van der Waals surface area contributed by atoms with Crippen LogP contribution in [-0.2, 0) is 0 Å². The van der Waals surface area contributed by atoms with Crippen molar-refractivity contribution in [3.05, 3.63) is 142 Å². The predicted molar refractivity (Wildman–Crippen MR) is 133 cm³/mol. The van der Waals surface area contributed by atoms with Crippen LogP contribution in [0.3, 0.4) is 0 Å². The van der Waals surface area contributed by atoms with Gasteiger partial charge in [-0.1, -0.05) is 84.9 Å². The predicted octanol–water partition coefficient (Wildman–Crippen LogP) is 6.25. The molecule has 4 nitrogen and oxygen atoms in total. The molecule has 35 heavy (non-hydrogen) atoms. The van der Waals surface area contributed by atoms with Gasteiger partial charge in [-0.2, -0.15) is 0 Å². The van der Waals surface area contributed by atoms with Gasteiger partial charge in [0.25, 0.3) is 0 Å². The van der Waals surface area contributed by atoms with Crippen molar-refractivity contribution >= 4 is 35.3 Å². The number of hydrogen-bond acceptors (Lipinski definition) is 4. The third-order valence-electron chi connectivity index (χ3n) is 5.79. The van der Waals surface area contributed by atoms with Crippen LogP contribution in [0.25, 0.3) is 6.08 Å². The summed E-state index contributed by atoms with van der Waals surface area (Å²) in [5, 5.41) is 0. The van der Waals surface area contributed by atoms with E-state index in [0.717, 1.165) is 11.1 Å². The quantitative estimate of drug-likeness (QED) is 0.177. The molecule has 0 radical (unpaired) electrons. The summed E-state index contributed by atoms with van der Waals surface area (Å²) >= 11 is 0. The summed E-state index contributed by atoms with van der Waals surface area (Å²) in [6.07, 6.45) is 4.59. The number of para-hydroxylation sites is 1. The summed E-state index contributed by atoms with van der Waals surface area (Å²) in [4.78, 5) is 43.2. The highest BCUT2D eigenvalue weighted by atomic mass is 19.1. The van der Waals surface area contributed by atoms with Crippen molar-refractivity contribution in [1.82, 2.24) is 0 Å². The van der Waals surface area contributed by atoms with E-state index in [1.54, 1.807) is 97.2 Å². The van der Waals surface area contributed by atoms with Gasteiger partial charge in [0.1, 0.15) is 5.82 Å². The molecule has 0 amide bonds.